The molecule has 0 saturated carbocycles. The molecular weight excluding hydrogens is 889 g/mol. The molecule has 0 amide bonds. The van der Waals surface area contributed by atoms with E-state index in [1.165, 1.54) is 63.5 Å². The molecule has 0 N–H and O–H groups in total. The Labute approximate surface area is 414 Å². The highest BCUT2D eigenvalue weighted by Crippen LogP contribution is 2.26. The van der Waals surface area contributed by atoms with E-state index in [1.54, 1.807) is 24.3 Å². The molecule has 4 aromatic carbocycles. The molecule has 0 bridgehead atoms. The normalized spacial score (nSPS) is 14.2. The first-order valence-corrected chi connectivity index (χ1v) is 25.2. The maximum Gasteiger partial charge on any atom is 0.340 e. The Kier molecular flexibility index (Phi) is 25.4. The van der Waals surface area contributed by atoms with E-state index < -0.39 is 24.5 Å². The number of benzene rings is 4. The molecule has 0 aliphatic carbocycles. The van der Waals surface area contributed by atoms with Crippen LogP contribution in [0.4, 0.5) is 0 Å². The largest absolute Gasteiger partial charge is 0.494 e. The van der Waals surface area contributed by atoms with Crippen molar-refractivity contribution >= 4 is 23.9 Å². The highest BCUT2D eigenvalue weighted by Gasteiger charge is 2.34. The van der Waals surface area contributed by atoms with E-state index in [9.17, 15) is 19.2 Å². The summed E-state index contributed by atoms with van der Waals surface area (Å²) in [7, 11) is 0. The third-order valence-corrected chi connectivity index (χ3v) is 11.9. The fraction of sp³-hybridized carbons (Fsp3) is 0.448. The topological polar surface area (TPSA) is 142 Å². The van der Waals surface area contributed by atoms with Crippen LogP contribution in [0.1, 0.15) is 136 Å². The molecule has 70 heavy (non-hydrogen) atoms. The van der Waals surface area contributed by atoms with Crippen molar-refractivity contribution in [1.29, 1.82) is 0 Å². The van der Waals surface area contributed by atoms with Crippen molar-refractivity contribution in [3.05, 3.63) is 133 Å². The van der Waals surface area contributed by atoms with Crippen LogP contribution in [0.2, 0.25) is 0 Å². The molecule has 1 aliphatic heterocycles. The lowest BCUT2D eigenvalue weighted by molar-refractivity contribution is -0.288. The van der Waals surface area contributed by atoms with Crippen LogP contribution >= 0.6 is 0 Å². The second kappa shape index (κ2) is 32.5. The molecule has 1 saturated heterocycles. The maximum absolute atomic E-state index is 13.2. The zero-order valence-corrected chi connectivity index (χ0v) is 40.8. The molecule has 0 aromatic heterocycles. The SMILES string of the molecule is C=CC(=O)OCCCCCCCCCCCOc1ccc(-c2ccc(C(=O)O[C@@H]3OCCO[C@H]3OC(=O)c3ccc(-c4ccc(OCCCCCCCCCCCOC(=O)C=C)cc4)cc3)cc2)cc1. The second-order valence-corrected chi connectivity index (χ2v) is 17.3. The summed E-state index contributed by atoms with van der Waals surface area (Å²) in [5.74, 6) is -0.342. The van der Waals surface area contributed by atoms with E-state index in [4.69, 9.17) is 37.9 Å². The Morgan fingerprint density at radius 2 is 0.671 bits per heavy atom. The average Bonchev–Trinajstić information content (AvgIpc) is 3.39. The Bertz CT molecular complexity index is 1990. The van der Waals surface area contributed by atoms with E-state index in [1.807, 2.05) is 72.8 Å². The van der Waals surface area contributed by atoms with Crippen molar-refractivity contribution in [2.75, 3.05) is 39.6 Å². The number of ether oxygens (including phenoxy) is 8. The summed E-state index contributed by atoms with van der Waals surface area (Å²) in [6.07, 6.45) is 20.1. The summed E-state index contributed by atoms with van der Waals surface area (Å²) in [4.78, 5) is 48.5. The average molecular weight is 961 g/mol. The zero-order chi connectivity index (χ0) is 49.4. The summed E-state index contributed by atoms with van der Waals surface area (Å²) in [5, 5.41) is 0. The number of carbonyl (C=O) groups excluding carboxylic acids is 4. The van der Waals surface area contributed by atoms with Crippen LogP contribution in [0.25, 0.3) is 22.3 Å². The Morgan fingerprint density at radius 3 is 0.971 bits per heavy atom. The quantitative estimate of drug-likeness (QED) is 0.0190. The van der Waals surface area contributed by atoms with Crippen molar-refractivity contribution in [3.8, 4) is 33.8 Å². The van der Waals surface area contributed by atoms with E-state index >= 15 is 0 Å². The fourth-order valence-electron chi connectivity index (χ4n) is 7.82. The van der Waals surface area contributed by atoms with Crippen molar-refractivity contribution in [2.24, 2.45) is 0 Å². The van der Waals surface area contributed by atoms with Gasteiger partial charge in [0.15, 0.2) is 0 Å². The van der Waals surface area contributed by atoms with Crippen molar-refractivity contribution in [3.63, 3.8) is 0 Å². The predicted octanol–water partition coefficient (Wildman–Crippen LogP) is 13.0. The van der Waals surface area contributed by atoms with Gasteiger partial charge in [-0.25, -0.2) is 19.2 Å². The van der Waals surface area contributed by atoms with Gasteiger partial charge in [-0.15, -0.1) is 0 Å². The fourth-order valence-corrected chi connectivity index (χ4v) is 7.82. The van der Waals surface area contributed by atoms with Gasteiger partial charge >= 0.3 is 23.9 Å². The summed E-state index contributed by atoms with van der Waals surface area (Å²) in [6, 6.07) is 29.9. The smallest absolute Gasteiger partial charge is 0.340 e. The van der Waals surface area contributed by atoms with Gasteiger partial charge in [-0.05, 0) is 96.5 Å². The van der Waals surface area contributed by atoms with Crippen molar-refractivity contribution in [2.45, 2.75) is 128 Å². The molecule has 12 heteroatoms. The van der Waals surface area contributed by atoms with Gasteiger partial charge in [0.25, 0.3) is 12.6 Å². The second-order valence-electron chi connectivity index (χ2n) is 17.3. The molecule has 1 aliphatic rings. The molecule has 12 nitrogen and oxygen atoms in total. The number of rotatable bonds is 34. The molecule has 0 radical (unpaired) electrons. The van der Waals surface area contributed by atoms with Gasteiger partial charge in [0.05, 0.1) is 50.8 Å². The Morgan fingerprint density at radius 1 is 0.400 bits per heavy atom. The molecule has 1 fully saturated rings. The lowest BCUT2D eigenvalue weighted by Crippen LogP contribution is -2.44. The van der Waals surface area contributed by atoms with Gasteiger partial charge in [-0.3, -0.25) is 0 Å². The molecule has 4 aromatic rings. The van der Waals surface area contributed by atoms with Crippen LogP contribution in [-0.2, 0) is 38.0 Å². The van der Waals surface area contributed by atoms with Gasteiger partial charge in [0, 0.05) is 12.2 Å². The first kappa shape index (κ1) is 54.7. The number of esters is 4. The van der Waals surface area contributed by atoms with Crippen LogP contribution in [0.5, 0.6) is 11.5 Å². The number of hydrogen-bond donors (Lipinski definition) is 0. The minimum atomic E-state index is -1.24. The van der Waals surface area contributed by atoms with Gasteiger partial charge < -0.3 is 37.9 Å². The van der Waals surface area contributed by atoms with Gasteiger partial charge in [-0.2, -0.15) is 0 Å². The Hall–Kier alpha value is -6.24. The lowest BCUT2D eigenvalue weighted by atomic mass is 10.0. The highest BCUT2D eigenvalue weighted by molar-refractivity contribution is 5.91. The molecular formula is C58H72O12. The van der Waals surface area contributed by atoms with Crippen LogP contribution in [0.3, 0.4) is 0 Å². The Balaban J connectivity index is 0.941. The molecule has 5 rings (SSSR count). The number of unbranched alkanes of at least 4 members (excludes halogenated alkanes) is 16. The predicted molar refractivity (Wildman–Crippen MR) is 270 cm³/mol. The molecule has 376 valence electrons. The zero-order valence-electron chi connectivity index (χ0n) is 40.8. The van der Waals surface area contributed by atoms with Crippen LogP contribution < -0.4 is 9.47 Å². The summed E-state index contributed by atoms with van der Waals surface area (Å²) < 4.78 is 44.6. The van der Waals surface area contributed by atoms with Gasteiger partial charge in [-0.1, -0.05) is 152 Å². The minimum absolute atomic E-state index is 0.173. The third-order valence-electron chi connectivity index (χ3n) is 11.9. The molecule has 2 atom stereocenters. The summed E-state index contributed by atoms with van der Waals surface area (Å²) in [6.45, 7) is 9.43. The van der Waals surface area contributed by atoms with Crippen molar-refractivity contribution < 1.29 is 57.1 Å². The van der Waals surface area contributed by atoms with Crippen LogP contribution in [0, 0.1) is 0 Å². The van der Waals surface area contributed by atoms with Crippen LogP contribution in [0.15, 0.2) is 122 Å². The standard InChI is InChI=1S/C58H72O12/c1-3-53(59)65-41-21-17-13-9-5-7-11-15-19-39-63-51-35-31-47(32-36-51)45-23-27-49(28-24-45)55(61)69-57-58(68-44-43-67-57)70-56(62)50-29-25-46(26-30-50)48-33-37-52(38-34-48)64-40-20-16-12-8-6-10-14-18-22-42-66-54(60)4-2/h3-4,23-38,57-58H,1-2,5-22,39-44H2/t57-,58-/m0/s1. The summed E-state index contributed by atoms with van der Waals surface area (Å²) in [5.41, 5.74) is 4.45. The number of carbonyl (C=O) groups is 4. The summed E-state index contributed by atoms with van der Waals surface area (Å²) >= 11 is 0. The molecule has 0 spiro atoms. The maximum atomic E-state index is 13.2. The van der Waals surface area contributed by atoms with E-state index in [-0.39, 0.29) is 25.2 Å². The van der Waals surface area contributed by atoms with Crippen molar-refractivity contribution in [1.82, 2.24) is 0 Å². The molecule has 0 unspecified atom stereocenters. The monoisotopic (exact) mass is 961 g/mol. The number of hydrogen-bond acceptors (Lipinski definition) is 12. The van der Waals surface area contributed by atoms with Gasteiger partial charge in [0.1, 0.15) is 11.5 Å². The van der Waals surface area contributed by atoms with E-state index in [0.717, 1.165) is 98.0 Å². The van der Waals surface area contributed by atoms with E-state index in [0.29, 0.717) is 37.6 Å². The first-order valence-electron chi connectivity index (χ1n) is 25.2. The lowest BCUT2D eigenvalue weighted by Gasteiger charge is -2.30. The molecule has 1 heterocycles. The first-order chi connectivity index (χ1) is 34.3. The highest BCUT2D eigenvalue weighted by atomic mass is 16.8. The third kappa shape index (κ3) is 20.8. The minimum Gasteiger partial charge on any atom is -0.494 e. The van der Waals surface area contributed by atoms with Gasteiger partial charge in [0.2, 0.25) is 0 Å². The van der Waals surface area contributed by atoms with Crippen LogP contribution in [-0.4, -0.2) is 76.1 Å². The van der Waals surface area contributed by atoms with E-state index in [2.05, 4.69) is 13.2 Å².